The molecule has 1 N–H and O–H groups in total. The van der Waals surface area contributed by atoms with Gasteiger partial charge in [0.05, 0.1) is 11.1 Å². The number of aromatic nitrogens is 1. The summed E-state index contributed by atoms with van der Waals surface area (Å²) in [5, 5.41) is 2.69. The Morgan fingerprint density at radius 3 is 2.57 bits per heavy atom. The molecule has 0 aliphatic carbocycles. The van der Waals surface area contributed by atoms with Crippen molar-refractivity contribution < 1.29 is 22.3 Å². The van der Waals surface area contributed by atoms with Crippen LogP contribution in [-0.4, -0.2) is 25.6 Å². The quantitative estimate of drug-likeness (QED) is 0.582. The van der Waals surface area contributed by atoms with Gasteiger partial charge >= 0.3 is 0 Å². The standard InChI is InChI=1S/C22H19FN2O4S/c1-30(27,28)19-8-4-17(5-9-19)14-25-22(26)11-7-16-6-10-21(20(23)13-16)29-18-3-2-12-24-15-18/h2-13,15H,14H2,1H3,(H,25,26)/b11-7+. The van der Waals surface area contributed by atoms with E-state index in [4.69, 9.17) is 4.74 Å². The zero-order valence-corrected chi connectivity index (χ0v) is 16.9. The molecule has 1 amide bonds. The average molecular weight is 426 g/mol. The fraction of sp³-hybridized carbons (Fsp3) is 0.0909. The average Bonchev–Trinajstić information content (AvgIpc) is 2.73. The highest BCUT2D eigenvalue weighted by Gasteiger charge is 2.07. The van der Waals surface area contributed by atoms with Crippen molar-refractivity contribution >= 4 is 21.8 Å². The number of carbonyl (C=O) groups is 1. The predicted molar refractivity (Wildman–Crippen MR) is 111 cm³/mol. The molecule has 0 unspecified atom stereocenters. The molecule has 0 fully saturated rings. The van der Waals surface area contributed by atoms with Crippen LogP contribution in [-0.2, 0) is 21.2 Å². The van der Waals surface area contributed by atoms with Gasteiger partial charge in [0.15, 0.2) is 21.4 Å². The number of amides is 1. The number of hydrogen-bond donors (Lipinski definition) is 1. The van der Waals surface area contributed by atoms with Gasteiger partial charge in [0.25, 0.3) is 0 Å². The first-order valence-electron chi connectivity index (χ1n) is 8.93. The molecule has 0 radical (unpaired) electrons. The van der Waals surface area contributed by atoms with Crippen LogP contribution in [0.5, 0.6) is 11.5 Å². The van der Waals surface area contributed by atoms with Crippen LogP contribution >= 0.6 is 0 Å². The molecule has 2 aromatic carbocycles. The van der Waals surface area contributed by atoms with Gasteiger partial charge in [-0.05, 0) is 53.6 Å². The number of sulfone groups is 1. The maximum absolute atomic E-state index is 14.2. The Labute approximate surface area is 174 Å². The van der Waals surface area contributed by atoms with Crippen molar-refractivity contribution in [3.63, 3.8) is 0 Å². The van der Waals surface area contributed by atoms with Crippen LogP contribution < -0.4 is 10.1 Å². The summed E-state index contributed by atoms with van der Waals surface area (Å²) >= 11 is 0. The van der Waals surface area contributed by atoms with Crippen molar-refractivity contribution in [2.24, 2.45) is 0 Å². The summed E-state index contributed by atoms with van der Waals surface area (Å²) in [5.41, 5.74) is 1.26. The Hall–Kier alpha value is -3.52. The summed E-state index contributed by atoms with van der Waals surface area (Å²) < 4.78 is 42.6. The Bertz CT molecular complexity index is 1160. The van der Waals surface area contributed by atoms with E-state index < -0.39 is 15.7 Å². The van der Waals surface area contributed by atoms with Crippen molar-refractivity contribution in [2.75, 3.05) is 6.26 Å². The number of carbonyl (C=O) groups excluding carboxylic acids is 1. The summed E-state index contributed by atoms with van der Waals surface area (Å²) in [7, 11) is -3.26. The first-order chi connectivity index (χ1) is 14.3. The summed E-state index contributed by atoms with van der Waals surface area (Å²) in [5.74, 6) is -0.448. The topological polar surface area (TPSA) is 85.4 Å². The predicted octanol–water partition coefficient (Wildman–Crippen LogP) is 3.75. The second-order valence-corrected chi connectivity index (χ2v) is 8.46. The molecule has 0 bridgehead atoms. The maximum Gasteiger partial charge on any atom is 0.244 e. The van der Waals surface area contributed by atoms with E-state index in [2.05, 4.69) is 10.3 Å². The molecular weight excluding hydrogens is 407 g/mol. The summed E-state index contributed by atoms with van der Waals surface area (Å²) in [6, 6.07) is 14.0. The normalized spacial score (nSPS) is 11.4. The molecule has 8 heteroatoms. The van der Waals surface area contributed by atoms with Gasteiger partial charge in [-0.3, -0.25) is 9.78 Å². The Balaban J connectivity index is 1.56. The van der Waals surface area contributed by atoms with Crippen molar-refractivity contribution in [1.82, 2.24) is 10.3 Å². The van der Waals surface area contributed by atoms with Crippen LogP contribution in [0.2, 0.25) is 0 Å². The van der Waals surface area contributed by atoms with Crippen molar-refractivity contribution in [3.05, 3.63) is 90.0 Å². The lowest BCUT2D eigenvalue weighted by atomic mass is 10.2. The monoisotopic (exact) mass is 426 g/mol. The molecule has 0 aliphatic rings. The van der Waals surface area contributed by atoms with Gasteiger partial charge in [-0.1, -0.05) is 18.2 Å². The second kappa shape index (κ2) is 9.32. The third-order valence-electron chi connectivity index (χ3n) is 4.06. The minimum absolute atomic E-state index is 0.0575. The molecule has 6 nitrogen and oxygen atoms in total. The maximum atomic E-state index is 14.2. The van der Waals surface area contributed by atoms with Gasteiger partial charge in [-0.25, -0.2) is 12.8 Å². The van der Waals surface area contributed by atoms with Crippen molar-refractivity contribution in [1.29, 1.82) is 0 Å². The lowest BCUT2D eigenvalue weighted by Crippen LogP contribution is -2.20. The van der Waals surface area contributed by atoms with Gasteiger partial charge in [0, 0.05) is 25.1 Å². The Morgan fingerprint density at radius 1 is 1.17 bits per heavy atom. The molecule has 1 heterocycles. The van der Waals surface area contributed by atoms with E-state index in [-0.39, 0.29) is 23.1 Å². The summed E-state index contributed by atoms with van der Waals surface area (Å²) in [4.78, 5) is 16.1. The van der Waals surface area contributed by atoms with E-state index in [1.807, 2.05) is 0 Å². The van der Waals surface area contributed by atoms with E-state index in [0.717, 1.165) is 11.8 Å². The van der Waals surface area contributed by atoms with Crippen LogP contribution in [0.15, 0.2) is 78.0 Å². The van der Waals surface area contributed by atoms with Crippen molar-refractivity contribution in [2.45, 2.75) is 11.4 Å². The van der Waals surface area contributed by atoms with E-state index in [1.54, 1.807) is 36.5 Å². The smallest absolute Gasteiger partial charge is 0.244 e. The number of benzene rings is 2. The molecule has 3 rings (SSSR count). The number of nitrogens with zero attached hydrogens (tertiary/aromatic N) is 1. The highest BCUT2D eigenvalue weighted by molar-refractivity contribution is 7.90. The molecular formula is C22H19FN2O4S. The van der Waals surface area contributed by atoms with Crippen LogP contribution in [0.4, 0.5) is 4.39 Å². The van der Waals surface area contributed by atoms with E-state index in [1.165, 1.54) is 42.6 Å². The van der Waals surface area contributed by atoms with Gasteiger partial charge in [-0.2, -0.15) is 0 Å². The molecule has 0 spiro atoms. The zero-order chi connectivity index (χ0) is 21.6. The largest absolute Gasteiger partial charge is 0.453 e. The number of halogens is 1. The highest BCUT2D eigenvalue weighted by Crippen LogP contribution is 2.24. The fourth-order valence-electron chi connectivity index (χ4n) is 2.51. The zero-order valence-electron chi connectivity index (χ0n) is 16.1. The molecule has 0 atom stereocenters. The van der Waals surface area contributed by atoms with E-state index >= 15 is 0 Å². The van der Waals surface area contributed by atoms with E-state index in [0.29, 0.717) is 11.3 Å². The second-order valence-electron chi connectivity index (χ2n) is 6.45. The SMILES string of the molecule is CS(=O)(=O)c1ccc(CNC(=O)/C=C/c2ccc(Oc3cccnc3)c(F)c2)cc1. The third-order valence-corrected chi connectivity index (χ3v) is 5.19. The number of nitrogens with one attached hydrogen (secondary N) is 1. The highest BCUT2D eigenvalue weighted by atomic mass is 32.2. The van der Waals surface area contributed by atoms with Crippen LogP contribution in [0.3, 0.4) is 0 Å². The lowest BCUT2D eigenvalue weighted by molar-refractivity contribution is -0.116. The Kier molecular flexibility index (Phi) is 6.58. The molecule has 154 valence electrons. The molecule has 0 saturated heterocycles. The Morgan fingerprint density at radius 2 is 1.93 bits per heavy atom. The molecule has 0 saturated carbocycles. The summed E-state index contributed by atoms with van der Waals surface area (Å²) in [6.45, 7) is 0.236. The van der Waals surface area contributed by atoms with Crippen LogP contribution in [0, 0.1) is 5.82 Å². The molecule has 1 aromatic heterocycles. The number of pyridine rings is 1. The number of ether oxygens (including phenoxy) is 1. The molecule has 3 aromatic rings. The van der Waals surface area contributed by atoms with Crippen molar-refractivity contribution in [3.8, 4) is 11.5 Å². The first kappa shape index (κ1) is 21.2. The van der Waals surface area contributed by atoms with Crippen LogP contribution in [0.25, 0.3) is 6.08 Å². The third kappa shape index (κ3) is 5.99. The summed E-state index contributed by atoms with van der Waals surface area (Å²) in [6.07, 6.45) is 6.98. The van der Waals surface area contributed by atoms with Gasteiger partial charge < -0.3 is 10.1 Å². The minimum atomic E-state index is -3.26. The molecule has 0 aliphatic heterocycles. The minimum Gasteiger partial charge on any atom is -0.453 e. The van der Waals surface area contributed by atoms with Crippen LogP contribution in [0.1, 0.15) is 11.1 Å². The number of hydrogen-bond acceptors (Lipinski definition) is 5. The van der Waals surface area contributed by atoms with E-state index in [9.17, 15) is 17.6 Å². The lowest BCUT2D eigenvalue weighted by Gasteiger charge is -2.07. The molecule has 30 heavy (non-hydrogen) atoms. The number of rotatable bonds is 7. The van der Waals surface area contributed by atoms with Gasteiger partial charge in [0.2, 0.25) is 5.91 Å². The first-order valence-corrected chi connectivity index (χ1v) is 10.8. The van der Waals surface area contributed by atoms with Gasteiger partial charge in [0.1, 0.15) is 5.75 Å². The fourth-order valence-corrected chi connectivity index (χ4v) is 3.14. The van der Waals surface area contributed by atoms with Gasteiger partial charge in [-0.15, -0.1) is 0 Å².